The summed E-state index contributed by atoms with van der Waals surface area (Å²) in [6.45, 7) is 1.82. The Morgan fingerprint density at radius 2 is 1.79 bits per heavy atom. The highest BCUT2D eigenvalue weighted by Crippen LogP contribution is 2.37. The molecule has 3 heterocycles. The van der Waals surface area contributed by atoms with E-state index in [0.717, 1.165) is 23.1 Å². The summed E-state index contributed by atoms with van der Waals surface area (Å²) >= 11 is 20.6. The number of rotatable bonds is 9. The molecule has 2 aromatic heterocycles. The van der Waals surface area contributed by atoms with Gasteiger partial charge < -0.3 is 4.74 Å². The Balaban J connectivity index is 1.31. The molecule has 0 aliphatic carbocycles. The number of aromatic nitrogens is 4. The van der Waals surface area contributed by atoms with Crippen molar-refractivity contribution >= 4 is 81.3 Å². The number of benzene rings is 4. The summed E-state index contributed by atoms with van der Waals surface area (Å²) in [5, 5.41) is 20.8. The maximum atomic E-state index is 14.2. The van der Waals surface area contributed by atoms with Crippen molar-refractivity contribution in [3.05, 3.63) is 158 Å². The Morgan fingerprint density at radius 1 is 1.04 bits per heavy atom. The van der Waals surface area contributed by atoms with Gasteiger partial charge in [0.05, 0.1) is 43.3 Å². The molecule has 0 spiro atoms. The highest BCUT2D eigenvalue weighted by atomic mass is 35.5. The number of carbonyl (C=O) groups excluding carboxylic acids is 1. The van der Waals surface area contributed by atoms with Gasteiger partial charge in [-0.3, -0.25) is 24.6 Å². The first-order valence-corrected chi connectivity index (χ1v) is 18.3. The lowest BCUT2D eigenvalue weighted by molar-refractivity contribution is -0.387. The molecular weight excluding hydrogens is 767 g/mol. The standard InChI is InChI=1S/C36H23Cl3N6O5S2/c1-2-50-34(47)29-30(20-6-4-3-5-7-20)40-36-44(31(29)21-9-11-22(37)12-10-21)33(46)28(52-36)17-19-8-15-27(26(16-19)45(48)49)51-35-41-32(42-43-35)24-14-13-23(38)18-25(24)39/h3-18,31H,2H2,1H3,(H,41,42,43)/b28-17+/t31-/m0/s1. The van der Waals surface area contributed by atoms with Crippen LogP contribution >= 0.6 is 57.9 Å². The molecule has 1 atom stereocenters. The van der Waals surface area contributed by atoms with Gasteiger partial charge in [-0.05, 0) is 72.3 Å². The number of ether oxygens (including phenoxy) is 1. The number of halogens is 3. The van der Waals surface area contributed by atoms with Crippen molar-refractivity contribution in [3.8, 4) is 11.4 Å². The van der Waals surface area contributed by atoms with Crippen LogP contribution in [0.4, 0.5) is 5.69 Å². The zero-order chi connectivity index (χ0) is 36.5. The lowest BCUT2D eigenvalue weighted by atomic mass is 9.93. The normalized spacial score (nSPS) is 14.2. The molecule has 0 bridgehead atoms. The molecule has 52 heavy (non-hydrogen) atoms. The van der Waals surface area contributed by atoms with Gasteiger partial charge in [0.2, 0.25) is 5.16 Å². The van der Waals surface area contributed by atoms with Gasteiger partial charge in [0.25, 0.3) is 11.2 Å². The molecule has 260 valence electrons. The molecule has 4 aromatic carbocycles. The SMILES string of the molecule is CCOC(=O)C1=C(c2ccccc2)N=c2s/c(=C/c3ccc(Sc4n[nH]c(-c5ccc(Cl)cc5Cl)n4)c([N+](=O)[O-])c3)c(=O)n2[C@H]1c1ccc(Cl)cc1. The fraction of sp³-hybridized carbons (Fsp3) is 0.0833. The third-order valence-electron chi connectivity index (χ3n) is 7.89. The number of aromatic amines is 1. The first kappa shape index (κ1) is 35.4. The Hall–Kier alpha value is -5.05. The van der Waals surface area contributed by atoms with Crippen LogP contribution in [0, 0.1) is 10.1 Å². The van der Waals surface area contributed by atoms with Gasteiger partial charge in [-0.2, -0.15) is 0 Å². The minimum Gasteiger partial charge on any atom is -0.463 e. The molecular formula is C36H23Cl3N6O5S2. The number of fused-ring (bicyclic) bond motifs is 1. The second-order valence-electron chi connectivity index (χ2n) is 11.2. The molecule has 0 fully saturated rings. The fourth-order valence-corrected chi connectivity index (χ4v) is 8.02. The van der Waals surface area contributed by atoms with Gasteiger partial charge in [-0.25, -0.2) is 14.8 Å². The summed E-state index contributed by atoms with van der Waals surface area (Å²) in [6, 6.07) is 24.7. The Bertz CT molecular complexity index is 2590. The summed E-state index contributed by atoms with van der Waals surface area (Å²) in [4.78, 5) is 49.5. The smallest absolute Gasteiger partial charge is 0.338 e. The molecule has 0 saturated heterocycles. The number of esters is 1. The molecule has 6 aromatic rings. The lowest BCUT2D eigenvalue weighted by Gasteiger charge is -2.25. The first-order valence-electron chi connectivity index (χ1n) is 15.5. The number of nitrogens with zero attached hydrogens (tertiary/aromatic N) is 5. The average Bonchev–Trinajstić information content (AvgIpc) is 3.72. The van der Waals surface area contributed by atoms with Gasteiger partial charge in [-0.1, -0.05) is 94.7 Å². The van der Waals surface area contributed by atoms with Crippen molar-refractivity contribution in [1.29, 1.82) is 0 Å². The molecule has 0 saturated carbocycles. The van der Waals surface area contributed by atoms with E-state index >= 15 is 0 Å². The van der Waals surface area contributed by atoms with Crippen LogP contribution in [0.2, 0.25) is 15.1 Å². The Labute approximate surface area is 318 Å². The van der Waals surface area contributed by atoms with Crippen LogP contribution < -0.4 is 14.9 Å². The van der Waals surface area contributed by atoms with E-state index in [9.17, 15) is 19.7 Å². The van der Waals surface area contributed by atoms with Gasteiger partial charge in [-0.15, -0.1) is 5.10 Å². The number of nitrogens with one attached hydrogen (secondary N) is 1. The predicted octanol–water partition coefficient (Wildman–Crippen LogP) is 7.74. The maximum absolute atomic E-state index is 14.2. The van der Waals surface area contributed by atoms with Crippen molar-refractivity contribution in [2.24, 2.45) is 4.99 Å². The van der Waals surface area contributed by atoms with Gasteiger partial charge in [0, 0.05) is 27.2 Å². The van der Waals surface area contributed by atoms with E-state index in [1.54, 1.807) is 67.6 Å². The molecule has 0 amide bonds. The van der Waals surface area contributed by atoms with Crippen LogP contribution in [0.5, 0.6) is 0 Å². The first-order chi connectivity index (χ1) is 25.1. The number of thiazole rings is 1. The summed E-state index contributed by atoms with van der Waals surface area (Å²) in [6.07, 6.45) is 1.56. The highest BCUT2D eigenvalue weighted by Gasteiger charge is 2.35. The molecule has 1 N–H and O–H groups in total. The van der Waals surface area contributed by atoms with Crippen molar-refractivity contribution in [3.63, 3.8) is 0 Å². The summed E-state index contributed by atoms with van der Waals surface area (Å²) in [5.74, 6) is -0.241. The van der Waals surface area contributed by atoms with E-state index in [-0.39, 0.29) is 32.5 Å². The van der Waals surface area contributed by atoms with Crippen LogP contribution in [-0.2, 0) is 9.53 Å². The van der Waals surface area contributed by atoms with Crippen molar-refractivity contribution in [2.75, 3.05) is 6.61 Å². The van der Waals surface area contributed by atoms with E-state index in [0.29, 0.717) is 53.6 Å². The van der Waals surface area contributed by atoms with Gasteiger partial charge >= 0.3 is 5.97 Å². The molecule has 0 unspecified atom stereocenters. The number of carbonyl (C=O) groups is 1. The Morgan fingerprint density at radius 3 is 2.50 bits per heavy atom. The van der Waals surface area contributed by atoms with E-state index < -0.39 is 22.5 Å². The number of hydrogen-bond donors (Lipinski definition) is 1. The minimum atomic E-state index is -0.896. The summed E-state index contributed by atoms with van der Waals surface area (Å²) in [7, 11) is 0. The molecule has 11 nitrogen and oxygen atoms in total. The second kappa shape index (κ2) is 14.9. The van der Waals surface area contributed by atoms with E-state index in [2.05, 4.69) is 15.2 Å². The van der Waals surface area contributed by atoms with Crippen LogP contribution in [0.1, 0.15) is 29.7 Å². The zero-order valence-electron chi connectivity index (χ0n) is 26.7. The second-order valence-corrected chi connectivity index (χ2v) is 14.5. The summed E-state index contributed by atoms with van der Waals surface area (Å²) in [5.41, 5.74) is 2.18. The van der Waals surface area contributed by atoms with Gasteiger partial charge in [0.15, 0.2) is 10.6 Å². The third-order valence-corrected chi connectivity index (χ3v) is 10.6. The van der Waals surface area contributed by atoms with E-state index in [4.69, 9.17) is 44.5 Å². The lowest BCUT2D eigenvalue weighted by Crippen LogP contribution is -2.40. The van der Waals surface area contributed by atoms with Crippen molar-refractivity contribution in [2.45, 2.75) is 23.0 Å². The molecule has 0 radical (unpaired) electrons. The minimum absolute atomic E-state index is 0.114. The number of nitro groups is 1. The topological polar surface area (TPSA) is 145 Å². The molecule has 7 rings (SSSR count). The summed E-state index contributed by atoms with van der Waals surface area (Å²) < 4.78 is 7.20. The van der Waals surface area contributed by atoms with Crippen LogP contribution in [0.15, 0.2) is 116 Å². The zero-order valence-corrected chi connectivity index (χ0v) is 30.7. The Kier molecular flexibility index (Phi) is 10.1. The average molecular weight is 790 g/mol. The third kappa shape index (κ3) is 7.05. The maximum Gasteiger partial charge on any atom is 0.338 e. The molecule has 16 heteroatoms. The highest BCUT2D eigenvalue weighted by molar-refractivity contribution is 7.99. The van der Waals surface area contributed by atoms with Gasteiger partial charge in [0.1, 0.15) is 0 Å². The van der Waals surface area contributed by atoms with Crippen molar-refractivity contribution < 1.29 is 14.5 Å². The van der Waals surface area contributed by atoms with Crippen molar-refractivity contribution in [1.82, 2.24) is 19.7 Å². The van der Waals surface area contributed by atoms with E-state index in [1.807, 2.05) is 30.3 Å². The largest absolute Gasteiger partial charge is 0.463 e. The van der Waals surface area contributed by atoms with E-state index in [1.165, 1.54) is 10.6 Å². The predicted molar refractivity (Wildman–Crippen MR) is 202 cm³/mol. The monoisotopic (exact) mass is 788 g/mol. The quantitative estimate of drug-likeness (QED) is 0.0890. The number of nitro benzene ring substituents is 1. The number of H-pyrrole nitrogens is 1. The fourth-order valence-electron chi connectivity index (χ4n) is 5.60. The van der Waals surface area contributed by atoms with Crippen LogP contribution in [0.25, 0.3) is 23.2 Å². The molecule has 1 aliphatic heterocycles. The number of hydrogen-bond acceptors (Lipinski definition) is 10. The van der Waals surface area contributed by atoms with Crippen LogP contribution in [0.3, 0.4) is 0 Å². The molecule has 1 aliphatic rings. The van der Waals surface area contributed by atoms with Crippen LogP contribution in [-0.4, -0.2) is 37.2 Å².